The number of anilines is 5. The molecule has 0 N–H and O–H groups in total. The second kappa shape index (κ2) is 11.0. The summed E-state index contributed by atoms with van der Waals surface area (Å²) >= 11 is 0. The van der Waals surface area contributed by atoms with Gasteiger partial charge in [-0.2, -0.15) is 18.8 Å². The molecule has 0 saturated heterocycles. The summed E-state index contributed by atoms with van der Waals surface area (Å²) in [4.78, 5) is 11.2. The number of aromatic nitrogens is 1. The van der Waals surface area contributed by atoms with Gasteiger partial charge in [-0.25, -0.2) is 0 Å². The molecule has 0 spiro atoms. The van der Waals surface area contributed by atoms with Crippen LogP contribution in [-0.4, -0.2) is 18.6 Å². The van der Waals surface area contributed by atoms with E-state index in [1.54, 1.807) is 6.20 Å². The summed E-state index contributed by atoms with van der Waals surface area (Å²) in [6.45, 7) is 7.78. The maximum absolute atomic E-state index is 4.22. The second-order valence-electron chi connectivity index (χ2n) is 9.80. The molecule has 4 aromatic carbocycles. The summed E-state index contributed by atoms with van der Waals surface area (Å²) in [6, 6.07) is 37.6. The van der Waals surface area contributed by atoms with E-state index in [4.69, 9.17) is 0 Å². The molecular formula is C33H29IrN4. The summed E-state index contributed by atoms with van der Waals surface area (Å²) < 4.78 is 0. The van der Waals surface area contributed by atoms with E-state index in [2.05, 4.69) is 108 Å². The van der Waals surface area contributed by atoms with E-state index in [9.17, 15) is 0 Å². The molecule has 190 valence electrons. The van der Waals surface area contributed by atoms with Gasteiger partial charge in [-0.05, 0) is 49.1 Å². The Hall–Kier alpha value is -3.66. The van der Waals surface area contributed by atoms with Crippen molar-refractivity contribution in [3.63, 3.8) is 0 Å². The number of hydrogen-bond acceptors (Lipinski definition) is 4. The van der Waals surface area contributed by atoms with Crippen LogP contribution in [0.1, 0.15) is 13.8 Å². The molecule has 0 atom stereocenters. The number of nitrogens with zero attached hydrogens (tertiary/aromatic N) is 4. The first kappa shape index (κ1) is 26.0. The zero-order valence-electron chi connectivity index (χ0n) is 21.7. The maximum Gasteiger partial charge on any atom is 3.00 e. The van der Waals surface area contributed by atoms with Gasteiger partial charge >= 0.3 is 20.1 Å². The van der Waals surface area contributed by atoms with Crippen LogP contribution in [0.3, 0.4) is 0 Å². The topological polar surface area (TPSA) is 22.6 Å². The Bertz CT molecular complexity index is 1500. The van der Waals surface area contributed by atoms with Gasteiger partial charge in [0.2, 0.25) is 0 Å². The monoisotopic (exact) mass is 674 g/mol. The van der Waals surface area contributed by atoms with Gasteiger partial charge in [0.25, 0.3) is 0 Å². The molecule has 7 rings (SSSR count). The third-order valence-corrected chi connectivity index (χ3v) is 6.75. The summed E-state index contributed by atoms with van der Waals surface area (Å²) in [7, 11) is 2.16. The minimum Gasteiger partial charge on any atom is -0.501 e. The van der Waals surface area contributed by atoms with Crippen LogP contribution < -0.4 is 14.7 Å². The van der Waals surface area contributed by atoms with Crippen molar-refractivity contribution >= 4 is 39.2 Å². The predicted molar refractivity (Wildman–Crippen MR) is 154 cm³/mol. The fourth-order valence-corrected chi connectivity index (χ4v) is 5.14. The number of rotatable bonds is 3. The molecule has 0 radical (unpaired) electrons. The average molecular weight is 674 g/mol. The normalized spacial score (nSPS) is 13.0. The zero-order chi connectivity index (χ0) is 25.4. The number of para-hydroxylation sites is 1. The van der Waals surface area contributed by atoms with Gasteiger partial charge in [-0.15, -0.1) is 52.7 Å². The Balaban J connectivity index is 0.000000191. The zero-order valence-corrected chi connectivity index (χ0v) is 24.1. The quantitative estimate of drug-likeness (QED) is 0.181. The van der Waals surface area contributed by atoms with Crippen molar-refractivity contribution in [2.45, 2.75) is 13.8 Å². The molecule has 0 amide bonds. The van der Waals surface area contributed by atoms with Crippen LogP contribution in [0.2, 0.25) is 0 Å². The van der Waals surface area contributed by atoms with Crippen molar-refractivity contribution in [1.82, 2.24) is 4.98 Å². The van der Waals surface area contributed by atoms with Crippen LogP contribution in [0.25, 0.3) is 22.0 Å². The number of fused-ring (bicyclic) bond motifs is 4. The van der Waals surface area contributed by atoms with Gasteiger partial charge in [0, 0.05) is 11.9 Å². The van der Waals surface area contributed by atoms with E-state index < -0.39 is 0 Å². The first-order valence-electron chi connectivity index (χ1n) is 12.7. The predicted octanol–water partition coefficient (Wildman–Crippen LogP) is 8.00. The Kier molecular flexibility index (Phi) is 7.51. The van der Waals surface area contributed by atoms with Crippen molar-refractivity contribution in [3.8, 4) is 11.3 Å². The Morgan fingerprint density at radius 2 is 1.63 bits per heavy atom. The maximum atomic E-state index is 4.22. The molecule has 3 heterocycles. The average Bonchev–Trinajstić information content (AvgIpc) is 3.31. The third kappa shape index (κ3) is 4.68. The largest absolute Gasteiger partial charge is 3.00 e. The summed E-state index contributed by atoms with van der Waals surface area (Å²) in [6.07, 6.45) is 1.79. The van der Waals surface area contributed by atoms with Crippen molar-refractivity contribution < 1.29 is 20.1 Å². The third-order valence-electron chi connectivity index (χ3n) is 6.75. The van der Waals surface area contributed by atoms with Crippen LogP contribution in [-0.2, 0) is 20.1 Å². The molecule has 0 aliphatic carbocycles. The number of benzene rings is 4. The van der Waals surface area contributed by atoms with E-state index in [1.165, 1.54) is 33.5 Å². The summed E-state index contributed by atoms with van der Waals surface area (Å²) in [5.74, 6) is 0.603. The SMILES string of the molecule is CC(C)CN1[CH-]N2c3[c-]cc4ccccc4c3N(C)c3cccc1c32.[Ir+3].[c-]1ccccc1-c1ccccn1. The van der Waals surface area contributed by atoms with Crippen LogP contribution in [0.5, 0.6) is 0 Å². The van der Waals surface area contributed by atoms with Crippen LogP contribution >= 0.6 is 0 Å². The molecule has 38 heavy (non-hydrogen) atoms. The minimum absolute atomic E-state index is 0. The van der Waals surface area contributed by atoms with E-state index in [0.717, 1.165) is 23.5 Å². The van der Waals surface area contributed by atoms with Gasteiger partial charge in [-0.3, -0.25) is 0 Å². The minimum atomic E-state index is 0. The van der Waals surface area contributed by atoms with Crippen molar-refractivity contribution in [3.05, 3.63) is 116 Å². The molecule has 0 fully saturated rings. The molecule has 2 aliphatic heterocycles. The Morgan fingerprint density at radius 3 is 2.39 bits per heavy atom. The second-order valence-corrected chi connectivity index (χ2v) is 9.80. The molecule has 0 bridgehead atoms. The molecule has 4 nitrogen and oxygen atoms in total. The van der Waals surface area contributed by atoms with Crippen LogP contribution in [0.15, 0.2) is 97.2 Å². The fraction of sp³-hybridized carbons (Fsp3) is 0.152. The van der Waals surface area contributed by atoms with E-state index in [0.29, 0.717) is 5.92 Å². The van der Waals surface area contributed by atoms with Gasteiger partial charge in [0.15, 0.2) is 0 Å². The van der Waals surface area contributed by atoms with Gasteiger partial charge < -0.3 is 19.7 Å². The van der Waals surface area contributed by atoms with Gasteiger partial charge in [0.05, 0.1) is 11.4 Å². The van der Waals surface area contributed by atoms with Gasteiger partial charge in [0.1, 0.15) is 0 Å². The molecule has 0 unspecified atom stereocenters. The van der Waals surface area contributed by atoms with Crippen LogP contribution in [0, 0.1) is 24.7 Å². The van der Waals surface area contributed by atoms with E-state index in [1.807, 2.05) is 42.5 Å². The molecule has 2 aliphatic rings. The molecule has 5 heteroatoms. The van der Waals surface area contributed by atoms with Gasteiger partial charge in [-0.1, -0.05) is 55.9 Å². The first-order chi connectivity index (χ1) is 18.1. The molecular weight excluding hydrogens is 645 g/mol. The molecule has 0 saturated carbocycles. The summed E-state index contributed by atoms with van der Waals surface area (Å²) in [5.41, 5.74) is 8.17. The standard InChI is InChI=1S/C22H21N3.C11H8N.Ir/c1-15(2)13-24-14-25-20-12-11-16-7-4-5-8-17(16)21(20)23(3)18-9-6-10-19(24)22(18)25;1-2-6-10(7-3-1)11-8-4-5-9-12-11;/h4-11,14-15H,13H2,1-3H3;1-6,8-9H;/q-2;-1;+3. The Morgan fingerprint density at radius 1 is 0.842 bits per heavy atom. The number of hydrogen-bond donors (Lipinski definition) is 0. The van der Waals surface area contributed by atoms with E-state index in [-0.39, 0.29) is 20.1 Å². The molecule has 1 aromatic heterocycles. The molecule has 5 aromatic rings. The number of pyridine rings is 1. The summed E-state index contributed by atoms with van der Waals surface area (Å²) in [5, 5.41) is 2.50. The van der Waals surface area contributed by atoms with Crippen molar-refractivity contribution in [1.29, 1.82) is 0 Å². The van der Waals surface area contributed by atoms with Crippen molar-refractivity contribution in [2.75, 3.05) is 28.3 Å². The van der Waals surface area contributed by atoms with Crippen LogP contribution in [0.4, 0.5) is 28.4 Å². The fourth-order valence-electron chi connectivity index (χ4n) is 5.14. The smallest absolute Gasteiger partial charge is 0.501 e. The van der Waals surface area contributed by atoms with E-state index >= 15 is 0 Å². The Labute approximate surface area is 238 Å². The first-order valence-corrected chi connectivity index (χ1v) is 12.7. The van der Waals surface area contributed by atoms with Crippen molar-refractivity contribution in [2.24, 2.45) is 5.92 Å².